The number of aryl methyl sites for hydroxylation is 1. The molecule has 3 nitrogen and oxygen atoms in total. The lowest BCUT2D eigenvalue weighted by Gasteiger charge is -2.22. The molecule has 0 spiro atoms. The lowest BCUT2D eigenvalue weighted by atomic mass is 10.1. The second kappa shape index (κ2) is 3.92. The third kappa shape index (κ3) is 1.91. The lowest BCUT2D eigenvalue weighted by molar-refractivity contribution is 0.346. The van der Waals surface area contributed by atoms with Gasteiger partial charge in [0.1, 0.15) is 0 Å². The Morgan fingerprint density at radius 3 is 3.23 bits per heavy atom. The van der Waals surface area contributed by atoms with Crippen LogP contribution in [0.2, 0.25) is 0 Å². The Labute approximate surface area is 79.1 Å². The average Bonchev–Trinajstić information content (AvgIpc) is 2.67. The van der Waals surface area contributed by atoms with Gasteiger partial charge in [-0.25, -0.2) is 0 Å². The van der Waals surface area contributed by atoms with Crippen LogP contribution in [-0.4, -0.2) is 22.9 Å². The molecule has 1 aromatic rings. The molecule has 2 heterocycles. The van der Waals surface area contributed by atoms with Crippen molar-refractivity contribution in [2.45, 2.75) is 32.2 Å². The SMILES string of the molecule is CCc1cnn(C2CCCNC2)c1. The average molecular weight is 179 g/mol. The Bertz CT molecular complexity index is 261. The molecule has 13 heavy (non-hydrogen) atoms. The Hall–Kier alpha value is -0.830. The van der Waals surface area contributed by atoms with Crippen molar-refractivity contribution in [3.05, 3.63) is 18.0 Å². The molecule has 1 aliphatic heterocycles. The third-order valence-electron chi connectivity index (χ3n) is 2.71. The normalized spacial score (nSPS) is 23.3. The molecular weight excluding hydrogens is 162 g/mol. The largest absolute Gasteiger partial charge is 0.315 e. The Morgan fingerprint density at radius 1 is 1.69 bits per heavy atom. The second-order valence-corrected chi connectivity index (χ2v) is 3.68. The van der Waals surface area contributed by atoms with Crippen LogP contribution in [0.15, 0.2) is 12.4 Å². The van der Waals surface area contributed by atoms with E-state index in [1.54, 1.807) is 0 Å². The van der Waals surface area contributed by atoms with Crippen LogP contribution in [0.25, 0.3) is 0 Å². The van der Waals surface area contributed by atoms with Gasteiger partial charge in [-0.3, -0.25) is 4.68 Å². The first kappa shape index (κ1) is 8.75. The Balaban J connectivity index is 2.05. The molecule has 1 fully saturated rings. The van der Waals surface area contributed by atoms with Crippen LogP contribution >= 0.6 is 0 Å². The van der Waals surface area contributed by atoms with Crippen molar-refractivity contribution in [3.63, 3.8) is 0 Å². The summed E-state index contributed by atoms with van der Waals surface area (Å²) in [5.74, 6) is 0. The number of hydrogen-bond donors (Lipinski definition) is 1. The van der Waals surface area contributed by atoms with Crippen LogP contribution < -0.4 is 5.32 Å². The van der Waals surface area contributed by atoms with Crippen LogP contribution in [0.5, 0.6) is 0 Å². The predicted octanol–water partition coefficient (Wildman–Crippen LogP) is 1.37. The van der Waals surface area contributed by atoms with Gasteiger partial charge in [-0.15, -0.1) is 0 Å². The van der Waals surface area contributed by atoms with Crippen molar-refractivity contribution < 1.29 is 0 Å². The summed E-state index contributed by atoms with van der Waals surface area (Å²) in [5, 5.41) is 7.79. The fourth-order valence-electron chi connectivity index (χ4n) is 1.82. The first-order chi connectivity index (χ1) is 6.40. The molecule has 3 heteroatoms. The molecule has 0 bridgehead atoms. The van der Waals surface area contributed by atoms with Crippen LogP contribution in [0.1, 0.15) is 31.4 Å². The fourth-order valence-corrected chi connectivity index (χ4v) is 1.82. The van der Waals surface area contributed by atoms with Crippen molar-refractivity contribution in [1.82, 2.24) is 15.1 Å². The zero-order chi connectivity index (χ0) is 9.10. The van der Waals surface area contributed by atoms with Gasteiger partial charge in [0.2, 0.25) is 0 Å². The monoisotopic (exact) mass is 179 g/mol. The van der Waals surface area contributed by atoms with E-state index in [1.807, 2.05) is 6.20 Å². The molecule has 2 rings (SSSR count). The van der Waals surface area contributed by atoms with Crippen LogP contribution in [0.4, 0.5) is 0 Å². The van der Waals surface area contributed by atoms with E-state index in [0.717, 1.165) is 13.0 Å². The highest BCUT2D eigenvalue weighted by atomic mass is 15.3. The number of rotatable bonds is 2. The van der Waals surface area contributed by atoms with Gasteiger partial charge >= 0.3 is 0 Å². The van der Waals surface area contributed by atoms with Crippen molar-refractivity contribution in [2.75, 3.05) is 13.1 Å². The summed E-state index contributed by atoms with van der Waals surface area (Å²) in [6, 6.07) is 0.578. The molecule has 1 atom stereocenters. The van der Waals surface area contributed by atoms with E-state index in [0.29, 0.717) is 6.04 Å². The fraction of sp³-hybridized carbons (Fsp3) is 0.700. The smallest absolute Gasteiger partial charge is 0.0644 e. The van der Waals surface area contributed by atoms with Gasteiger partial charge in [0, 0.05) is 12.7 Å². The van der Waals surface area contributed by atoms with Gasteiger partial charge in [0.15, 0.2) is 0 Å². The third-order valence-corrected chi connectivity index (χ3v) is 2.71. The van der Waals surface area contributed by atoms with Crippen molar-refractivity contribution in [1.29, 1.82) is 0 Å². The number of nitrogens with one attached hydrogen (secondary N) is 1. The van der Waals surface area contributed by atoms with E-state index in [9.17, 15) is 0 Å². The van der Waals surface area contributed by atoms with E-state index in [-0.39, 0.29) is 0 Å². The summed E-state index contributed by atoms with van der Waals surface area (Å²) in [7, 11) is 0. The summed E-state index contributed by atoms with van der Waals surface area (Å²) in [6.07, 6.45) is 7.77. The minimum Gasteiger partial charge on any atom is -0.315 e. The van der Waals surface area contributed by atoms with Gasteiger partial charge in [-0.2, -0.15) is 5.10 Å². The van der Waals surface area contributed by atoms with E-state index < -0.39 is 0 Å². The van der Waals surface area contributed by atoms with Gasteiger partial charge in [-0.05, 0) is 31.4 Å². The maximum atomic E-state index is 4.39. The molecule has 1 aliphatic rings. The van der Waals surface area contributed by atoms with Crippen molar-refractivity contribution >= 4 is 0 Å². The predicted molar refractivity (Wildman–Crippen MR) is 52.7 cm³/mol. The highest BCUT2D eigenvalue weighted by Crippen LogP contribution is 2.15. The first-order valence-corrected chi connectivity index (χ1v) is 5.14. The first-order valence-electron chi connectivity index (χ1n) is 5.14. The van der Waals surface area contributed by atoms with Crippen molar-refractivity contribution in [2.24, 2.45) is 0 Å². The van der Waals surface area contributed by atoms with Gasteiger partial charge in [0.25, 0.3) is 0 Å². The van der Waals surface area contributed by atoms with Crippen LogP contribution in [0, 0.1) is 0 Å². The number of aromatic nitrogens is 2. The molecule has 1 unspecified atom stereocenters. The molecule has 0 amide bonds. The molecular formula is C10H17N3. The summed E-state index contributed by atoms with van der Waals surface area (Å²) >= 11 is 0. The van der Waals surface area contributed by atoms with Crippen molar-refractivity contribution in [3.8, 4) is 0 Å². The number of hydrogen-bond acceptors (Lipinski definition) is 2. The standard InChI is InChI=1S/C10H17N3/c1-2-9-6-12-13(8-9)10-4-3-5-11-7-10/h6,8,10-11H,2-5,7H2,1H3. The van der Waals surface area contributed by atoms with Crippen LogP contribution in [0.3, 0.4) is 0 Å². The zero-order valence-corrected chi connectivity index (χ0v) is 8.16. The molecule has 0 aliphatic carbocycles. The Kier molecular flexibility index (Phi) is 2.64. The van der Waals surface area contributed by atoms with Gasteiger partial charge in [0.05, 0.1) is 12.2 Å². The zero-order valence-electron chi connectivity index (χ0n) is 8.16. The van der Waals surface area contributed by atoms with Gasteiger partial charge in [-0.1, -0.05) is 6.92 Å². The topological polar surface area (TPSA) is 29.9 Å². The molecule has 1 aromatic heterocycles. The highest BCUT2D eigenvalue weighted by Gasteiger charge is 2.14. The lowest BCUT2D eigenvalue weighted by Crippen LogP contribution is -2.31. The van der Waals surface area contributed by atoms with E-state index >= 15 is 0 Å². The number of piperidine rings is 1. The van der Waals surface area contributed by atoms with E-state index in [4.69, 9.17) is 0 Å². The van der Waals surface area contributed by atoms with Gasteiger partial charge < -0.3 is 5.32 Å². The second-order valence-electron chi connectivity index (χ2n) is 3.68. The van der Waals surface area contributed by atoms with E-state index in [1.165, 1.54) is 24.9 Å². The minimum absolute atomic E-state index is 0.578. The number of nitrogens with zero attached hydrogens (tertiary/aromatic N) is 2. The maximum absolute atomic E-state index is 4.39. The molecule has 0 saturated carbocycles. The summed E-state index contributed by atoms with van der Waals surface area (Å²) in [5.41, 5.74) is 1.34. The maximum Gasteiger partial charge on any atom is 0.0644 e. The summed E-state index contributed by atoms with van der Waals surface area (Å²) in [4.78, 5) is 0. The van der Waals surface area contributed by atoms with Crippen LogP contribution in [-0.2, 0) is 6.42 Å². The molecule has 0 radical (unpaired) electrons. The molecule has 1 N–H and O–H groups in total. The quantitative estimate of drug-likeness (QED) is 0.743. The minimum atomic E-state index is 0.578. The molecule has 1 saturated heterocycles. The highest BCUT2D eigenvalue weighted by molar-refractivity contribution is 5.04. The van der Waals surface area contributed by atoms with E-state index in [2.05, 4.69) is 28.2 Å². The molecule has 72 valence electrons. The molecule has 0 aromatic carbocycles. The Morgan fingerprint density at radius 2 is 2.62 bits per heavy atom. The summed E-state index contributed by atoms with van der Waals surface area (Å²) in [6.45, 7) is 4.41. The summed E-state index contributed by atoms with van der Waals surface area (Å²) < 4.78 is 2.12.